The van der Waals surface area contributed by atoms with Gasteiger partial charge in [-0.1, -0.05) is 6.08 Å². The number of hydrogen-bond donors (Lipinski definition) is 3. The van der Waals surface area contributed by atoms with E-state index in [9.17, 15) is 0 Å². The molecule has 0 amide bonds. The van der Waals surface area contributed by atoms with Crippen LogP contribution in [0, 0.1) is 5.92 Å². The Balaban J connectivity index is 2.03. The summed E-state index contributed by atoms with van der Waals surface area (Å²) in [5, 5.41) is 3.53. The van der Waals surface area contributed by atoms with Crippen molar-refractivity contribution in [2.45, 2.75) is 18.9 Å². The predicted molar refractivity (Wildman–Crippen MR) is 47.0 cm³/mol. The van der Waals surface area contributed by atoms with Crippen LogP contribution in [0.4, 0.5) is 0 Å². The van der Waals surface area contributed by atoms with E-state index in [0.717, 1.165) is 6.54 Å². The summed E-state index contributed by atoms with van der Waals surface area (Å²) in [5.74, 6) is 0.669. The molecule has 0 aromatic heterocycles. The summed E-state index contributed by atoms with van der Waals surface area (Å²) < 4.78 is 0. The third-order valence-corrected chi connectivity index (χ3v) is 2.94. The van der Waals surface area contributed by atoms with Crippen molar-refractivity contribution in [2.24, 2.45) is 5.92 Å². The van der Waals surface area contributed by atoms with E-state index in [2.05, 4.69) is 28.3 Å². The maximum Gasteiger partial charge on any atom is 0.0360 e. The highest BCUT2D eigenvalue weighted by atomic mass is 15.4. The van der Waals surface area contributed by atoms with Crippen LogP contribution in [0.5, 0.6) is 0 Å². The Morgan fingerprint density at radius 2 is 2.42 bits per heavy atom. The molecule has 3 nitrogen and oxygen atoms in total. The topological polar surface area (TPSA) is 36.1 Å². The Morgan fingerprint density at radius 1 is 1.42 bits per heavy atom. The molecule has 12 heavy (non-hydrogen) atoms. The lowest BCUT2D eigenvalue weighted by atomic mass is 9.87. The van der Waals surface area contributed by atoms with E-state index in [1.54, 1.807) is 0 Å². The molecule has 0 aromatic rings. The Morgan fingerprint density at radius 3 is 3.42 bits per heavy atom. The highest BCUT2D eigenvalue weighted by Gasteiger charge is 2.33. The molecule has 3 N–H and O–H groups in total. The van der Waals surface area contributed by atoms with Gasteiger partial charge >= 0.3 is 0 Å². The normalized spacial score (nSPS) is 37.3. The van der Waals surface area contributed by atoms with Crippen molar-refractivity contribution in [1.29, 1.82) is 0 Å². The molecule has 2 bridgehead atoms. The molecule has 0 aromatic carbocycles. The Labute approximate surface area is 71.9 Å². The lowest BCUT2D eigenvalue weighted by Gasteiger charge is -2.33. The van der Waals surface area contributed by atoms with E-state index in [4.69, 9.17) is 0 Å². The van der Waals surface area contributed by atoms with Gasteiger partial charge in [-0.15, -0.1) is 0 Å². The number of hydrogen-bond acceptors (Lipinski definition) is 3. The van der Waals surface area contributed by atoms with E-state index in [1.165, 1.54) is 24.2 Å². The van der Waals surface area contributed by atoms with Gasteiger partial charge in [0.05, 0.1) is 0 Å². The molecule has 3 aliphatic heterocycles. The van der Waals surface area contributed by atoms with Gasteiger partial charge < -0.3 is 10.7 Å². The first-order valence-corrected chi connectivity index (χ1v) is 4.61. The zero-order valence-corrected chi connectivity index (χ0v) is 6.93. The fourth-order valence-electron chi connectivity index (χ4n) is 2.30. The van der Waals surface area contributed by atoms with Crippen LogP contribution in [0.15, 0.2) is 23.5 Å². The third-order valence-electron chi connectivity index (χ3n) is 2.94. The molecule has 3 rings (SSSR count). The predicted octanol–water partition coefficient (Wildman–Crippen LogP) is 0.244. The maximum atomic E-state index is 3.53. The van der Waals surface area contributed by atoms with Crippen molar-refractivity contribution in [3.05, 3.63) is 23.5 Å². The zero-order valence-electron chi connectivity index (χ0n) is 6.93. The number of rotatable bonds is 0. The van der Waals surface area contributed by atoms with Crippen LogP contribution >= 0.6 is 0 Å². The molecule has 0 radical (unpaired) electrons. The van der Waals surface area contributed by atoms with Crippen LogP contribution in [0.3, 0.4) is 0 Å². The van der Waals surface area contributed by atoms with Crippen molar-refractivity contribution < 1.29 is 0 Å². The number of fused-ring (bicyclic) bond motifs is 4. The van der Waals surface area contributed by atoms with E-state index in [-0.39, 0.29) is 0 Å². The lowest BCUT2D eigenvalue weighted by molar-refractivity contribution is 0.396. The molecule has 0 aliphatic carbocycles. The number of hydrazine groups is 1. The van der Waals surface area contributed by atoms with Crippen molar-refractivity contribution in [1.82, 2.24) is 16.2 Å². The van der Waals surface area contributed by atoms with Crippen LogP contribution in [-0.4, -0.2) is 12.6 Å². The average molecular weight is 163 g/mol. The van der Waals surface area contributed by atoms with Gasteiger partial charge in [-0.2, -0.15) is 0 Å². The lowest BCUT2D eigenvalue weighted by Crippen LogP contribution is -2.42. The molecule has 2 unspecified atom stereocenters. The second-order valence-corrected chi connectivity index (χ2v) is 3.70. The third kappa shape index (κ3) is 0.799. The van der Waals surface area contributed by atoms with Crippen molar-refractivity contribution >= 4 is 0 Å². The van der Waals surface area contributed by atoms with Gasteiger partial charge in [-0.3, -0.25) is 0 Å². The minimum atomic E-state index is 0.660. The Hall–Kier alpha value is -0.960. The highest BCUT2D eigenvalue weighted by Crippen LogP contribution is 2.29. The van der Waals surface area contributed by atoms with Crippen LogP contribution in [0.1, 0.15) is 12.8 Å². The molecule has 3 heterocycles. The van der Waals surface area contributed by atoms with Gasteiger partial charge in [0.15, 0.2) is 0 Å². The fraction of sp³-hybridized carbons (Fsp3) is 0.556. The summed E-state index contributed by atoms with van der Waals surface area (Å²) in [4.78, 5) is 0. The molecule has 64 valence electrons. The van der Waals surface area contributed by atoms with Crippen molar-refractivity contribution in [3.8, 4) is 0 Å². The number of nitrogens with one attached hydrogen (secondary N) is 3. The first-order chi connectivity index (χ1) is 5.93. The van der Waals surface area contributed by atoms with E-state index >= 15 is 0 Å². The summed E-state index contributed by atoms with van der Waals surface area (Å²) in [6, 6.07) is 0.660. The monoisotopic (exact) mass is 163 g/mol. The fourth-order valence-corrected chi connectivity index (χ4v) is 2.30. The van der Waals surface area contributed by atoms with E-state index in [0.29, 0.717) is 12.0 Å². The van der Waals surface area contributed by atoms with Crippen LogP contribution in [0.25, 0.3) is 0 Å². The van der Waals surface area contributed by atoms with E-state index < -0.39 is 0 Å². The summed E-state index contributed by atoms with van der Waals surface area (Å²) in [7, 11) is 0. The first kappa shape index (κ1) is 6.54. The summed E-state index contributed by atoms with van der Waals surface area (Å²) in [6.45, 7) is 1.07. The zero-order chi connectivity index (χ0) is 7.97. The second kappa shape index (κ2) is 2.26. The smallest absolute Gasteiger partial charge is 0.0360 e. The molecule has 1 saturated heterocycles. The highest BCUT2D eigenvalue weighted by molar-refractivity contribution is 5.32. The van der Waals surface area contributed by atoms with Gasteiger partial charge in [0.2, 0.25) is 0 Å². The maximum absolute atomic E-state index is 3.53. The van der Waals surface area contributed by atoms with Gasteiger partial charge in [0.1, 0.15) is 0 Å². The summed E-state index contributed by atoms with van der Waals surface area (Å²) in [5.41, 5.74) is 9.07. The average Bonchev–Trinajstić information content (AvgIpc) is 2.53. The molecular formula is C9H13N3. The Bertz CT molecular complexity index is 267. The standard InChI is InChI=1S/C9H13N3/c1-2-6-4-9-7(5-10-12-9)8(3-1)11-6/h2,4,7-8,10-12H,1,3,5H2. The first-order valence-electron chi connectivity index (χ1n) is 4.61. The molecule has 0 spiro atoms. The molecule has 3 heteroatoms. The molecule has 1 fully saturated rings. The molecule has 0 saturated carbocycles. The largest absolute Gasteiger partial charge is 0.382 e. The van der Waals surface area contributed by atoms with Gasteiger partial charge in [-0.25, -0.2) is 5.43 Å². The minimum Gasteiger partial charge on any atom is -0.382 e. The minimum absolute atomic E-state index is 0.660. The van der Waals surface area contributed by atoms with Crippen LogP contribution in [-0.2, 0) is 0 Å². The second-order valence-electron chi connectivity index (χ2n) is 3.70. The quantitative estimate of drug-likeness (QED) is 0.479. The van der Waals surface area contributed by atoms with Crippen molar-refractivity contribution in [3.63, 3.8) is 0 Å². The van der Waals surface area contributed by atoms with Crippen molar-refractivity contribution in [2.75, 3.05) is 6.54 Å². The van der Waals surface area contributed by atoms with Gasteiger partial charge in [0.25, 0.3) is 0 Å². The van der Waals surface area contributed by atoms with E-state index in [1.807, 2.05) is 0 Å². The Kier molecular flexibility index (Phi) is 1.23. The van der Waals surface area contributed by atoms with Gasteiger partial charge in [0, 0.05) is 29.9 Å². The SMILES string of the molecule is C1=C2C=C3NNCC3C(CC1)N2. The van der Waals surface area contributed by atoms with Crippen LogP contribution in [0.2, 0.25) is 0 Å². The molecular weight excluding hydrogens is 150 g/mol. The summed E-state index contributed by atoms with van der Waals surface area (Å²) >= 11 is 0. The van der Waals surface area contributed by atoms with Gasteiger partial charge in [-0.05, 0) is 18.9 Å². The molecule has 3 aliphatic rings. The summed E-state index contributed by atoms with van der Waals surface area (Å²) in [6.07, 6.45) is 7.00. The number of allylic oxidation sites excluding steroid dienone is 2. The molecule has 2 atom stereocenters. The van der Waals surface area contributed by atoms with Crippen LogP contribution < -0.4 is 16.2 Å².